The van der Waals surface area contributed by atoms with Gasteiger partial charge < -0.3 is 10.1 Å². The van der Waals surface area contributed by atoms with Crippen molar-refractivity contribution in [1.29, 1.82) is 0 Å². The number of nitrogens with one attached hydrogen (secondary N) is 1. The summed E-state index contributed by atoms with van der Waals surface area (Å²) in [4.78, 5) is 39.7. The van der Waals surface area contributed by atoms with Crippen molar-refractivity contribution in [1.82, 2.24) is 10.2 Å². The van der Waals surface area contributed by atoms with Gasteiger partial charge >= 0.3 is 0 Å². The Morgan fingerprint density at radius 3 is 2.69 bits per heavy atom. The number of methoxy groups -OCH3 is 1. The van der Waals surface area contributed by atoms with Crippen molar-refractivity contribution in [2.75, 3.05) is 20.3 Å². The molecule has 26 heavy (non-hydrogen) atoms. The zero-order valence-electron chi connectivity index (χ0n) is 14.7. The molecule has 0 bridgehead atoms. The topological polar surface area (TPSA) is 75.7 Å². The van der Waals surface area contributed by atoms with Crippen LogP contribution in [0.15, 0.2) is 35.7 Å². The van der Waals surface area contributed by atoms with Crippen LogP contribution in [-0.4, -0.2) is 42.9 Å². The fourth-order valence-corrected chi connectivity index (χ4v) is 3.63. The molecule has 0 saturated heterocycles. The van der Waals surface area contributed by atoms with Crippen molar-refractivity contribution < 1.29 is 19.1 Å². The van der Waals surface area contributed by atoms with Crippen molar-refractivity contribution in [2.24, 2.45) is 0 Å². The minimum Gasteiger partial charge on any atom is -0.385 e. The molecular weight excluding hydrogens is 352 g/mol. The van der Waals surface area contributed by atoms with E-state index in [0.717, 1.165) is 4.88 Å². The zero-order chi connectivity index (χ0) is 18.7. The molecule has 6 nitrogen and oxygen atoms in total. The monoisotopic (exact) mass is 372 g/mol. The SMILES string of the molecule is COCCCN1C(=O)c2ccc(C(=O)N[C@H](C)c3cccs3)cc2C1=O. The number of fused-ring (bicyclic) bond motifs is 1. The van der Waals surface area contributed by atoms with Crippen LogP contribution in [0.1, 0.15) is 55.3 Å². The maximum Gasteiger partial charge on any atom is 0.261 e. The molecule has 0 spiro atoms. The Morgan fingerprint density at radius 2 is 2.00 bits per heavy atom. The van der Waals surface area contributed by atoms with Gasteiger partial charge in [-0.25, -0.2) is 0 Å². The number of hydrogen-bond donors (Lipinski definition) is 1. The number of hydrogen-bond acceptors (Lipinski definition) is 5. The van der Waals surface area contributed by atoms with Gasteiger partial charge in [-0.3, -0.25) is 19.3 Å². The molecule has 3 rings (SSSR count). The van der Waals surface area contributed by atoms with Gasteiger partial charge in [-0.1, -0.05) is 6.07 Å². The molecule has 0 radical (unpaired) electrons. The van der Waals surface area contributed by atoms with Crippen LogP contribution < -0.4 is 5.32 Å². The number of rotatable bonds is 7. The van der Waals surface area contributed by atoms with Gasteiger partial charge in [-0.15, -0.1) is 11.3 Å². The number of imide groups is 1. The predicted octanol–water partition coefficient (Wildman–Crippen LogP) is 2.87. The molecule has 0 aliphatic carbocycles. The second kappa shape index (κ2) is 7.80. The van der Waals surface area contributed by atoms with E-state index in [1.54, 1.807) is 30.6 Å². The van der Waals surface area contributed by atoms with E-state index in [0.29, 0.717) is 30.7 Å². The number of benzene rings is 1. The fourth-order valence-electron chi connectivity index (χ4n) is 2.89. The third kappa shape index (κ3) is 3.54. The van der Waals surface area contributed by atoms with Crippen molar-refractivity contribution in [3.63, 3.8) is 0 Å². The average Bonchev–Trinajstić information content (AvgIpc) is 3.25. The van der Waals surface area contributed by atoms with E-state index in [1.807, 2.05) is 24.4 Å². The first kappa shape index (κ1) is 18.3. The number of thiophene rings is 1. The van der Waals surface area contributed by atoms with Crippen molar-refractivity contribution in [2.45, 2.75) is 19.4 Å². The van der Waals surface area contributed by atoms with E-state index < -0.39 is 0 Å². The van der Waals surface area contributed by atoms with Gasteiger partial charge in [0.25, 0.3) is 17.7 Å². The molecule has 0 unspecified atom stereocenters. The van der Waals surface area contributed by atoms with E-state index in [-0.39, 0.29) is 29.3 Å². The third-order valence-electron chi connectivity index (χ3n) is 4.28. The summed E-state index contributed by atoms with van der Waals surface area (Å²) in [5.74, 6) is -0.950. The molecule has 0 saturated carbocycles. The van der Waals surface area contributed by atoms with Gasteiger partial charge in [0, 0.05) is 30.7 Å². The van der Waals surface area contributed by atoms with Crippen LogP contribution in [0.5, 0.6) is 0 Å². The lowest BCUT2D eigenvalue weighted by Crippen LogP contribution is -2.31. The summed E-state index contributed by atoms with van der Waals surface area (Å²) < 4.78 is 4.97. The molecule has 2 heterocycles. The van der Waals surface area contributed by atoms with Crippen LogP contribution in [-0.2, 0) is 4.74 Å². The molecule has 3 amide bonds. The van der Waals surface area contributed by atoms with Crippen LogP contribution in [0.4, 0.5) is 0 Å². The number of ether oxygens (including phenoxy) is 1. The summed E-state index contributed by atoms with van der Waals surface area (Å²) in [5, 5.41) is 4.87. The van der Waals surface area contributed by atoms with Crippen LogP contribution in [0.3, 0.4) is 0 Å². The van der Waals surface area contributed by atoms with Crippen LogP contribution in [0, 0.1) is 0 Å². The van der Waals surface area contributed by atoms with Crippen molar-refractivity contribution in [3.05, 3.63) is 57.3 Å². The molecule has 2 aromatic rings. The summed E-state index contributed by atoms with van der Waals surface area (Å²) in [6.07, 6.45) is 0.577. The summed E-state index contributed by atoms with van der Waals surface area (Å²) >= 11 is 1.57. The Labute approximate surface area is 155 Å². The molecule has 1 aliphatic heterocycles. The Balaban J connectivity index is 1.74. The smallest absolute Gasteiger partial charge is 0.261 e. The Bertz CT molecular complexity index is 832. The van der Waals surface area contributed by atoms with E-state index in [9.17, 15) is 14.4 Å². The second-order valence-electron chi connectivity index (χ2n) is 6.08. The highest BCUT2D eigenvalue weighted by Crippen LogP contribution is 2.25. The molecular formula is C19H20N2O4S. The first-order valence-electron chi connectivity index (χ1n) is 8.36. The number of amides is 3. The second-order valence-corrected chi connectivity index (χ2v) is 7.06. The van der Waals surface area contributed by atoms with Gasteiger partial charge in [0.05, 0.1) is 17.2 Å². The van der Waals surface area contributed by atoms with E-state index >= 15 is 0 Å². The highest BCUT2D eigenvalue weighted by atomic mass is 32.1. The fraction of sp³-hybridized carbons (Fsp3) is 0.316. The molecule has 0 fully saturated rings. The van der Waals surface area contributed by atoms with E-state index in [2.05, 4.69) is 5.32 Å². The molecule has 1 atom stereocenters. The number of carbonyl (C=O) groups excluding carboxylic acids is 3. The van der Waals surface area contributed by atoms with Crippen LogP contribution >= 0.6 is 11.3 Å². The maximum atomic E-state index is 12.5. The third-order valence-corrected chi connectivity index (χ3v) is 5.34. The predicted molar refractivity (Wildman–Crippen MR) is 98.5 cm³/mol. The van der Waals surface area contributed by atoms with Gasteiger partial charge in [-0.2, -0.15) is 0 Å². The molecule has 1 N–H and O–H groups in total. The number of nitrogens with zero attached hydrogens (tertiary/aromatic N) is 1. The minimum absolute atomic E-state index is 0.126. The summed E-state index contributed by atoms with van der Waals surface area (Å²) in [5.41, 5.74) is 0.992. The Hall–Kier alpha value is -2.51. The number of carbonyl (C=O) groups is 3. The lowest BCUT2D eigenvalue weighted by Gasteiger charge is -2.13. The highest BCUT2D eigenvalue weighted by molar-refractivity contribution is 7.10. The van der Waals surface area contributed by atoms with Crippen molar-refractivity contribution in [3.8, 4) is 0 Å². The average molecular weight is 372 g/mol. The highest BCUT2D eigenvalue weighted by Gasteiger charge is 2.35. The zero-order valence-corrected chi connectivity index (χ0v) is 15.5. The maximum absolute atomic E-state index is 12.5. The van der Waals surface area contributed by atoms with Gasteiger partial charge in [0.1, 0.15) is 0 Å². The summed E-state index contributed by atoms with van der Waals surface area (Å²) in [7, 11) is 1.57. The lowest BCUT2D eigenvalue weighted by atomic mass is 10.0. The van der Waals surface area contributed by atoms with Gasteiger partial charge in [0.2, 0.25) is 0 Å². The normalized spacial score (nSPS) is 14.5. The molecule has 1 aromatic carbocycles. The Kier molecular flexibility index (Phi) is 5.49. The quantitative estimate of drug-likeness (QED) is 0.599. The Morgan fingerprint density at radius 1 is 1.23 bits per heavy atom. The van der Waals surface area contributed by atoms with E-state index in [1.165, 1.54) is 11.0 Å². The van der Waals surface area contributed by atoms with Crippen LogP contribution in [0.25, 0.3) is 0 Å². The van der Waals surface area contributed by atoms with E-state index in [4.69, 9.17) is 4.74 Å². The van der Waals surface area contributed by atoms with Gasteiger partial charge in [0.15, 0.2) is 0 Å². The first-order chi connectivity index (χ1) is 12.5. The summed E-state index contributed by atoms with van der Waals surface area (Å²) in [6.45, 7) is 2.68. The van der Waals surface area contributed by atoms with Crippen LogP contribution in [0.2, 0.25) is 0 Å². The summed E-state index contributed by atoms with van der Waals surface area (Å²) in [6, 6.07) is 8.40. The molecule has 7 heteroatoms. The first-order valence-corrected chi connectivity index (χ1v) is 9.24. The standard InChI is InChI=1S/C19H20N2O4S/c1-12(16-5-3-10-26-16)20-17(22)13-6-7-14-15(11-13)19(24)21(18(14)23)8-4-9-25-2/h3,5-7,10-12H,4,8-9H2,1-2H3,(H,20,22)/t12-/m1/s1. The molecule has 1 aromatic heterocycles. The minimum atomic E-state index is -0.359. The lowest BCUT2D eigenvalue weighted by molar-refractivity contribution is 0.0638. The van der Waals surface area contributed by atoms with Crippen molar-refractivity contribution >= 4 is 29.1 Å². The largest absolute Gasteiger partial charge is 0.385 e. The molecule has 1 aliphatic rings. The molecule has 136 valence electrons. The van der Waals surface area contributed by atoms with Gasteiger partial charge in [-0.05, 0) is 43.0 Å².